The van der Waals surface area contributed by atoms with Crippen molar-refractivity contribution in [2.45, 2.75) is 6.61 Å². The van der Waals surface area contributed by atoms with Crippen molar-refractivity contribution in [3.05, 3.63) is 107 Å². The summed E-state index contributed by atoms with van der Waals surface area (Å²) in [6.07, 6.45) is 1.87. The largest absolute Gasteiger partial charge is 0.487 e. The number of para-hydroxylation sites is 1. The van der Waals surface area contributed by atoms with Gasteiger partial charge >= 0.3 is 0 Å². The van der Waals surface area contributed by atoms with E-state index >= 15 is 0 Å². The molecule has 0 spiro atoms. The maximum absolute atomic E-state index is 7.94. The zero-order valence-electron chi connectivity index (χ0n) is 16.2. The summed E-state index contributed by atoms with van der Waals surface area (Å²) in [4.78, 5) is 4.62. The first kappa shape index (κ1) is 19.7. The summed E-state index contributed by atoms with van der Waals surface area (Å²) >= 11 is 5.94. The van der Waals surface area contributed by atoms with Crippen LogP contribution in [0.25, 0.3) is 22.6 Å². The van der Waals surface area contributed by atoms with Crippen LogP contribution in [-0.4, -0.2) is 10.8 Å². The number of nitrogens with one attached hydrogen (secondary N) is 1. The number of ether oxygens (including phenoxy) is 1. The molecule has 5 heteroatoms. The van der Waals surface area contributed by atoms with E-state index in [4.69, 9.17) is 27.5 Å². The Bertz CT molecular complexity index is 1220. The minimum absolute atomic E-state index is 0.000943. The van der Waals surface area contributed by atoms with Crippen molar-refractivity contribution < 1.29 is 4.74 Å². The molecule has 148 valence electrons. The SMILES string of the molecule is N=C(N)/C(=C/c1ccc(Cl)cc1)c1ccc(OCc2ccc3ccccc3n2)cc1. The molecule has 0 fully saturated rings. The Kier molecular flexibility index (Phi) is 5.77. The Morgan fingerprint density at radius 2 is 1.67 bits per heavy atom. The molecule has 0 saturated heterocycles. The van der Waals surface area contributed by atoms with Crippen molar-refractivity contribution in [1.82, 2.24) is 4.98 Å². The maximum atomic E-state index is 7.94. The number of fused-ring (bicyclic) bond motifs is 1. The highest BCUT2D eigenvalue weighted by atomic mass is 35.5. The number of rotatable bonds is 6. The fraction of sp³-hybridized carbons (Fsp3) is 0.0400. The van der Waals surface area contributed by atoms with Gasteiger partial charge in [0.1, 0.15) is 18.2 Å². The van der Waals surface area contributed by atoms with Gasteiger partial charge in [0.25, 0.3) is 0 Å². The lowest BCUT2D eigenvalue weighted by atomic mass is 10.0. The molecule has 1 heterocycles. The topological polar surface area (TPSA) is 72.0 Å². The van der Waals surface area contributed by atoms with Gasteiger partial charge in [0, 0.05) is 16.0 Å². The van der Waals surface area contributed by atoms with Crippen LogP contribution in [0, 0.1) is 5.41 Å². The van der Waals surface area contributed by atoms with E-state index in [1.165, 1.54) is 0 Å². The van der Waals surface area contributed by atoms with E-state index < -0.39 is 0 Å². The predicted molar refractivity (Wildman–Crippen MR) is 124 cm³/mol. The molecule has 0 amide bonds. The van der Waals surface area contributed by atoms with Gasteiger partial charge in [-0.1, -0.05) is 60.1 Å². The molecule has 0 unspecified atom stereocenters. The Hall–Kier alpha value is -3.63. The fourth-order valence-corrected chi connectivity index (χ4v) is 3.24. The van der Waals surface area contributed by atoms with Crippen LogP contribution in [0.1, 0.15) is 16.8 Å². The Labute approximate surface area is 180 Å². The molecule has 0 aliphatic heterocycles. The Morgan fingerprint density at radius 1 is 0.933 bits per heavy atom. The number of nitrogens with two attached hydrogens (primary N) is 1. The minimum atomic E-state index is -0.000943. The zero-order valence-corrected chi connectivity index (χ0v) is 16.9. The van der Waals surface area contributed by atoms with Crippen molar-refractivity contribution in [3.8, 4) is 5.75 Å². The third kappa shape index (κ3) is 4.67. The maximum Gasteiger partial charge on any atom is 0.130 e. The predicted octanol–water partition coefficient (Wildman–Crippen LogP) is 5.94. The van der Waals surface area contributed by atoms with E-state index in [1.807, 2.05) is 91.0 Å². The van der Waals surface area contributed by atoms with E-state index in [9.17, 15) is 0 Å². The van der Waals surface area contributed by atoms with Gasteiger partial charge in [-0.3, -0.25) is 5.41 Å². The zero-order chi connectivity index (χ0) is 20.9. The van der Waals surface area contributed by atoms with E-state index in [2.05, 4.69) is 4.98 Å². The molecule has 3 aromatic carbocycles. The van der Waals surface area contributed by atoms with E-state index in [0.29, 0.717) is 17.2 Å². The van der Waals surface area contributed by atoms with Crippen LogP contribution in [-0.2, 0) is 6.61 Å². The molecule has 1 aromatic heterocycles. The minimum Gasteiger partial charge on any atom is -0.487 e. The normalized spacial score (nSPS) is 11.4. The van der Waals surface area contributed by atoms with E-state index in [0.717, 1.165) is 33.5 Å². The van der Waals surface area contributed by atoms with Crippen molar-refractivity contribution >= 4 is 40.0 Å². The van der Waals surface area contributed by atoms with Crippen molar-refractivity contribution in [3.63, 3.8) is 0 Å². The summed E-state index contributed by atoms with van der Waals surface area (Å²) in [5.41, 5.74) is 10.0. The van der Waals surface area contributed by atoms with Crippen LogP contribution in [0.3, 0.4) is 0 Å². The summed E-state index contributed by atoms with van der Waals surface area (Å²) in [7, 11) is 0. The third-order valence-electron chi connectivity index (χ3n) is 4.68. The summed E-state index contributed by atoms with van der Waals surface area (Å²) in [6, 6.07) is 26.9. The van der Waals surface area contributed by atoms with Crippen LogP contribution in [0.15, 0.2) is 84.9 Å². The molecular weight excluding hydrogens is 394 g/mol. The van der Waals surface area contributed by atoms with Gasteiger partial charge in [-0.2, -0.15) is 0 Å². The summed E-state index contributed by atoms with van der Waals surface area (Å²) < 4.78 is 5.89. The van der Waals surface area contributed by atoms with Crippen LogP contribution in [0.2, 0.25) is 5.02 Å². The van der Waals surface area contributed by atoms with E-state index in [-0.39, 0.29) is 5.84 Å². The van der Waals surface area contributed by atoms with Crippen LogP contribution >= 0.6 is 11.6 Å². The molecule has 4 rings (SSSR count). The lowest BCUT2D eigenvalue weighted by Crippen LogP contribution is -2.11. The van der Waals surface area contributed by atoms with Crippen molar-refractivity contribution in [1.29, 1.82) is 5.41 Å². The monoisotopic (exact) mass is 413 g/mol. The fourth-order valence-electron chi connectivity index (χ4n) is 3.12. The van der Waals surface area contributed by atoms with Crippen LogP contribution in [0.5, 0.6) is 5.75 Å². The quantitative estimate of drug-likeness (QED) is 0.233. The first-order chi connectivity index (χ1) is 14.6. The first-order valence-electron chi connectivity index (χ1n) is 9.48. The second-order valence-corrected chi connectivity index (χ2v) is 7.27. The van der Waals surface area contributed by atoms with Crippen molar-refractivity contribution in [2.24, 2.45) is 5.73 Å². The highest BCUT2D eigenvalue weighted by Gasteiger charge is 2.07. The molecule has 0 radical (unpaired) electrons. The molecule has 3 N–H and O–H groups in total. The second kappa shape index (κ2) is 8.80. The summed E-state index contributed by atoms with van der Waals surface area (Å²) in [6.45, 7) is 0.379. The average Bonchev–Trinajstić information content (AvgIpc) is 2.77. The molecule has 0 saturated carbocycles. The molecule has 0 aliphatic carbocycles. The van der Waals surface area contributed by atoms with Gasteiger partial charge < -0.3 is 10.5 Å². The number of nitrogens with zero attached hydrogens (tertiary/aromatic N) is 1. The van der Waals surface area contributed by atoms with Crippen molar-refractivity contribution in [2.75, 3.05) is 0 Å². The van der Waals surface area contributed by atoms with Gasteiger partial charge in [0.05, 0.1) is 11.2 Å². The van der Waals surface area contributed by atoms with Gasteiger partial charge in [-0.25, -0.2) is 4.98 Å². The number of benzene rings is 3. The number of hydrogen-bond donors (Lipinski definition) is 2. The number of halogens is 1. The van der Waals surface area contributed by atoms with Gasteiger partial charge in [-0.05, 0) is 53.6 Å². The molecule has 0 aliphatic rings. The Balaban J connectivity index is 1.49. The highest BCUT2D eigenvalue weighted by Crippen LogP contribution is 2.23. The molecule has 4 nitrogen and oxygen atoms in total. The molecular formula is C25H20ClN3O. The number of aromatic nitrogens is 1. The van der Waals surface area contributed by atoms with Crippen LogP contribution in [0.4, 0.5) is 0 Å². The molecule has 0 atom stereocenters. The number of hydrogen-bond acceptors (Lipinski definition) is 3. The van der Waals surface area contributed by atoms with Crippen LogP contribution < -0.4 is 10.5 Å². The molecule has 0 bridgehead atoms. The smallest absolute Gasteiger partial charge is 0.130 e. The first-order valence-corrected chi connectivity index (χ1v) is 9.86. The molecule has 4 aromatic rings. The lowest BCUT2D eigenvalue weighted by Gasteiger charge is -2.10. The summed E-state index contributed by atoms with van der Waals surface area (Å²) in [5.74, 6) is 0.724. The number of amidine groups is 1. The standard InChI is InChI=1S/C25H20ClN3O/c26-20-10-5-17(6-11-20)15-23(25(27)28)18-8-13-22(14-9-18)30-16-21-12-7-19-3-1-2-4-24(19)29-21/h1-15H,16H2,(H3,27,28)/b23-15+. The third-order valence-corrected chi connectivity index (χ3v) is 4.93. The highest BCUT2D eigenvalue weighted by molar-refractivity contribution is 6.30. The average molecular weight is 414 g/mol. The lowest BCUT2D eigenvalue weighted by molar-refractivity contribution is 0.302. The second-order valence-electron chi connectivity index (χ2n) is 6.83. The van der Waals surface area contributed by atoms with E-state index in [1.54, 1.807) is 0 Å². The summed E-state index contributed by atoms with van der Waals surface area (Å²) in [5, 5.41) is 9.71. The molecule has 30 heavy (non-hydrogen) atoms. The number of pyridine rings is 1. The van der Waals surface area contributed by atoms with Gasteiger partial charge in [0.2, 0.25) is 0 Å². The Morgan fingerprint density at radius 3 is 2.40 bits per heavy atom. The van der Waals surface area contributed by atoms with Gasteiger partial charge in [-0.15, -0.1) is 0 Å². The van der Waals surface area contributed by atoms with Gasteiger partial charge in [0.15, 0.2) is 0 Å².